The fourth-order valence-corrected chi connectivity index (χ4v) is 6.82. The molecule has 4 aliphatic rings. The van der Waals surface area contributed by atoms with Crippen molar-refractivity contribution in [3.8, 4) is 0 Å². The number of carbonyl (C=O) groups excluding carboxylic acids is 1. The maximum absolute atomic E-state index is 12.4. The van der Waals surface area contributed by atoms with Crippen molar-refractivity contribution in [1.82, 2.24) is 10.2 Å². The van der Waals surface area contributed by atoms with Gasteiger partial charge in [-0.15, -0.1) is 11.8 Å². The summed E-state index contributed by atoms with van der Waals surface area (Å²) in [5.41, 5.74) is 6.11. The maximum Gasteiger partial charge on any atom is 0.353 e. The third-order valence-electron chi connectivity index (χ3n) is 6.64. The summed E-state index contributed by atoms with van der Waals surface area (Å²) in [6.45, 7) is 3.58. The first-order valence-electron chi connectivity index (χ1n) is 9.94. The van der Waals surface area contributed by atoms with Gasteiger partial charge in [-0.25, -0.2) is 4.79 Å². The number of nitrogens with two attached hydrogens (primary N) is 1. The number of carbonyl (C=O) groups is 2. The molecule has 0 spiro atoms. The molecule has 0 aromatic heterocycles. The van der Waals surface area contributed by atoms with Crippen molar-refractivity contribution in [2.24, 2.45) is 17.6 Å². The molecule has 8 heteroatoms. The average Bonchev–Trinajstić information content (AvgIpc) is 3.05. The van der Waals surface area contributed by atoms with Gasteiger partial charge < -0.3 is 26.2 Å². The van der Waals surface area contributed by atoms with Crippen LogP contribution in [0.4, 0.5) is 0 Å². The molecule has 0 aromatic carbocycles. The van der Waals surface area contributed by atoms with Gasteiger partial charge in [0.2, 0.25) is 5.91 Å². The van der Waals surface area contributed by atoms with Crippen LogP contribution in [0.1, 0.15) is 46.0 Å². The first kappa shape index (κ1) is 19.2. The Labute approximate surface area is 163 Å². The molecule has 5 N–H and O–H groups in total. The lowest BCUT2D eigenvalue weighted by Crippen LogP contribution is -2.63. The monoisotopic (exact) mass is 395 g/mol. The number of fused-ring (bicyclic) bond motifs is 1. The van der Waals surface area contributed by atoms with Gasteiger partial charge in [0.15, 0.2) is 0 Å². The van der Waals surface area contributed by atoms with Gasteiger partial charge in [-0.05, 0) is 39.0 Å². The van der Waals surface area contributed by atoms with Crippen LogP contribution in [-0.2, 0) is 9.59 Å². The molecule has 0 radical (unpaired) electrons. The Morgan fingerprint density at radius 2 is 2.00 bits per heavy atom. The van der Waals surface area contributed by atoms with E-state index in [4.69, 9.17) is 5.73 Å². The molecular formula is C19H29N3O4S. The van der Waals surface area contributed by atoms with E-state index in [0.29, 0.717) is 23.4 Å². The van der Waals surface area contributed by atoms with E-state index in [1.807, 2.05) is 6.92 Å². The lowest BCUT2D eigenvalue weighted by atomic mass is 9.79. The number of hydrogen-bond acceptors (Lipinski definition) is 6. The number of rotatable bonds is 6. The van der Waals surface area contributed by atoms with E-state index in [-0.39, 0.29) is 23.6 Å². The summed E-state index contributed by atoms with van der Waals surface area (Å²) in [4.78, 5) is 26.4. The predicted octanol–water partition coefficient (Wildman–Crippen LogP) is 0.874. The fourth-order valence-electron chi connectivity index (χ4n) is 5.16. The zero-order valence-corrected chi connectivity index (χ0v) is 16.6. The number of nitrogens with one attached hydrogen (secondary N) is 1. The molecule has 2 saturated carbocycles. The minimum atomic E-state index is -1.04. The Bertz CT molecular complexity index is 676. The van der Waals surface area contributed by atoms with Gasteiger partial charge in [-0.3, -0.25) is 4.79 Å². The number of nitrogens with zero attached hydrogens (tertiary/aromatic N) is 1. The molecule has 3 fully saturated rings. The highest BCUT2D eigenvalue weighted by Gasteiger charge is 2.60. The van der Waals surface area contributed by atoms with Crippen LogP contribution < -0.4 is 11.1 Å². The SMILES string of the molecule is C[C@@H](O)[C@H]1C(=O)N2C(C(=O)O)=C(S[C@H]3C[C@@H](N[C@H]4CC[C@H](N)C4)C3)[C@H](C)[C@H]12. The van der Waals surface area contributed by atoms with Crippen molar-refractivity contribution in [2.75, 3.05) is 0 Å². The zero-order valence-electron chi connectivity index (χ0n) is 15.8. The van der Waals surface area contributed by atoms with Gasteiger partial charge in [-0.2, -0.15) is 0 Å². The van der Waals surface area contributed by atoms with Crippen LogP contribution in [0, 0.1) is 11.8 Å². The minimum absolute atomic E-state index is 0.0433. The van der Waals surface area contributed by atoms with E-state index in [9.17, 15) is 19.8 Å². The van der Waals surface area contributed by atoms with E-state index in [1.165, 1.54) is 4.90 Å². The molecule has 27 heavy (non-hydrogen) atoms. The summed E-state index contributed by atoms with van der Waals surface area (Å²) < 4.78 is 0. The third kappa shape index (κ3) is 3.20. The van der Waals surface area contributed by atoms with Crippen LogP contribution in [0.2, 0.25) is 0 Å². The van der Waals surface area contributed by atoms with E-state index in [2.05, 4.69) is 5.32 Å². The van der Waals surface area contributed by atoms with Crippen molar-refractivity contribution < 1.29 is 19.8 Å². The molecule has 6 atom stereocenters. The van der Waals surface area contributed by atoms with Gasteiger partial charge in [0.05, 0.1) is 18.1 Å². The number of carboxylic acid groups (broad SMARTS) is 1. The van der Waals surface area contributed by atoms with Crippen LogP contribution >= 0.6 is 11.8 Å². The Kier molecular flexibility index (Phi) is 5.03. The smallest absolute Gasteiger partial charge is 0.353 e. The summed E-state index contributed by atoms with van der Waals surface area (Å²) in [6.07, 6.45) is 4.54. The quantitative estimate of drug-likeness (QED) is 0.493. The van der Waals surface area contributed by atoms with E-state index in [0.717, 1.165) is 37.0 Å². The first-order chi connectivity index (χ1) is 12.8. The molecule has 0 aromatic rings. The number of amides is 1. The van der Waals surface area contributed by atoms with Gasteiger partial charge in [-0.1, -0.05) is 6.92 Å². The van der Waals surface area contributed by atoms with Gasteiger partial charge in [0.1, 0.15) is 5.70 Å². The molecule has 2 aliphatic heterocycles. The highest BCUT2D eigenvalue weighted by atomic mass is 32.2. The number of aliphatic hydroxyl groups is 1. The van der Waals surface area contributed by atoms with Crippen LogP contribution in [0.3, 0.4) is 0 Å². The number of carboxylic acids is 1. The second-order valence-electron chi connectivity index (χ2n) is 8.62. The normalized spacial score (nSPS) is 42.0. The lowest BCUT2D eigenvalue weighted by Gasteiger charge is -2.46. The number of aliphatic hydroxyl groups excluding tert-OH is 1. The molecule has 7 nitrogen and oxygen atoms in total. The zero-order chi connectivity index (χ0) is 19.5. The molecule has 150 valence electrons. The second kappa shape index (κ2) is 7.06. The van der Waals surface area contributed by atoms with Crippen molar-refractivity contribution in [3.63, 3.8) is 0 Å². The lowest BCUT2D eigenvalue weighted by molar-refractivity contribution is -0.163. The van der Waals surface area contributed by atoms with Crippen LogP contribution in [0.15, 0.2) is 10.6 Å². The van der Waals surface area contributed by atoms with E-state index >= 15 is 0 Å². The fraction of sp³-hybridized carbons (Fsp3) is 0.789. The van der Waals surface area contributed by atoms with Crippen molar-refractivity contribution >= 4 is 23.6 Å². The molecule has 0 unspecified atom stereocenters. The Morgan fingerprint density at radius 1 is 1.30 bits per heavy atom. The minimum Gasteiger partial charge on any atom is -0.477 e. The Hall–Kier alpha value is -1.09. The average molecular weight is 396 g/mol. The summed E-state index contributed by atoms with van der Waals surface area (Å²) in [5, 5.41) is 23.7. The molecule has 0 bridgehead atoms. The van der Waals surface area contributed by atoms with Gasteiger partial charge in [0, 0.05) is 34.2 Å². The molecular weight excluding hydrogens is 366 g/mol. The highest BCUT2D eigenvalue weighted by molar-refractivity contribution is 8.03. The molecule has 4 rings (SSSR count). The molecule has 1 amide bonds. The van der Waals surface area contributed by atoms with Gasteiger partial charge in [0.25, 0.3) is 0 Å². The van der Waals surface area contributed by atoms with Crippen LogP contribution in [0.5, 0.6) is 0 Å². The summed E-state index contributed by atoms with van der Waals surface area (Å²) in [7, 11) is 0. The number of hydrogen-bond donors (Lipinski definition) is 4. The summed E-state index contributed by atoms with van der Waals surface area (Å²) in [6, 6.07) is 1.09. The number of β-lactam (4-membered cyclic amide) rings is 1. The summed E-state index contributed by atoms with van der Waals surface area (Å²) in [5.74, 6) is -1.84. The first-order valence-corrected chi connectivity index (χ1v) is 10.8. The molecule has 2 heterocycles. The van der Waals surface area contributed by atoms with Gasteiger partial charge >= 0.3 is 5.97 Å². The number of thioether (sulfide) groups is 1. The van der Waals surface area contributed by atoms with E-state index in [1.54, 1.807) is 18.7 Å². The summed E-state index contributed by atoms with van der Waals surface area (Å²) >= 11 is 1.62. The Morgan fingerprint density at radius 3 is 2.56 bits per heavy atom. The largest absolute Gasteiger partial charge is 0.477 e. The van der Waals surface area contributed by atoms with Crippen molar-refractivity contribution in [2.45, 2.75) is 81.5 Å². The third-order valence-corrected chi connectivity index (χ3v) is 8.18. The van der Waals surface area contributed by atoms with E-state index < -0.39 is 18.0 Å². The van der Waals surface area contributed by atoms with Crippen LogP contribution in [-0.4, -0.2) is 62.5 Å². The second-order valence-corrected chi connectivity index (χ2v) is 9.96. The maximum atomic E-state index is 12.4. The predicted molar refractivity (Wildman–Crippen MR) is 103 cm³/mol. The molecule has 1 saturated heterocycles. The standard InChI is InChI=1S/C19H29N3O4S/c1-8-15-14(9(2)23)18(24)22(15)16(19(25)26)17(8)27-13-6-12(7-13)21-11-4-3-10(20)5-11/h8-15,21,23H,3-7,20H2,1-2H3,(H,25,26)/t8-,9-,10+,11+,12-,13+,14-,15-/m1/s1. The van der Waals surface area contributed by atoms with Crippen molar-refractivity contribution in [3.05, 3.63) is 10.6 Å². The van der Waals surface area contributed by atoms with Crippen molar-refractivity contribution in [1.29, 1.82) is 0 Å². The Balaban J connectivity index is 1.39. The van der Waals surface area contributed by atoms with Crippen LogP contribution in [0.25, 0.3) is 0 Å². The topological polar surface area (TPSA) is 116 Å². The highest BCUT2D eigenvalue weighted by Crippen LogP contribution is 2.53. The molecule has 2 aliphatic carbocycles. The number of aliphatic carboxylic acids is 1.